The van der Waals surface area contributed by atoms with E-state index < -0.39 is 16.6 Å². The van der Waals surface area contributed by atoms with Gasteiger partial charge in [-0.1, -0.05) is 0 Å². The maximum Gasteiger partial charge on any atom is 0.275 e. The summed E-state index contributed by atoms with van der Waals surface area (Å²) in [5.74, 6) is -2.06. The number of nitrogens with zero attached hydrogens (tertiary/aromatic N) is 2. The van der Waals surface area contributed by atoms with Crippen molar-refractivity contribution in [3.63, 3.8) is 0 Å². The molecule has 0 bridgehead atoms. The van der Waals surface area contributed by atoms with Gasteiger partial charge in [-0.25, -0.2) is 13.8 Å². The summed E-state index contributed by atoms with van der Waals surface area (Å²) >= 11 is 5.50. The van der Waals surface area contributed by atoms with Crippen LogP contribution >= 0.6 is 11.6 Å². The molecule has 120 valence electrons. The number of halogens is 3. The lowest BCUT2D eigenvalue weighted by Crippen LogP contribution is -2.12. The van der Waals surface area contributed by atoms with Gasteiger partial charge >= 0.3 is 0 Å². The summed E-state index contributed by atoms with van der Waals surface area (Å²) in [6.45, 7) is 0. The van der Waals surface area contributed by atoms with Crippen LogP contribution in [0.15, 0.2) is 41.4 Å². The van der Waals surface area contributed by atoms with Crippen molar-refractivity contribution in [1.29, 1.82) is 0 Å². The Morgan fingerprint density at radius 2 is 2.04 bits per heavy atom. The molecule has 0 atom stereocenters. The van der Waals surface area contributed by atoms with Gasteiger partial charge in [-0.2, -0.15) is 0 Å². The van der Waals surface area contributed by atoms with Gasteiger partial charge in [0.1, 0.15) is 17.4 Å². The Labute approximate surface area is 134 Å². The van der Waals surface area contributed by atoms with E-state index in [2.05, 4.69) is 4.99 Å². The van der Waals surface area contributed by atoms with Crippen LogP contribution in [0.2, 0.25) is 0 Å². The first-order chi connectivity index (χ1) is 10.9. The zero-order valence-electron chi connectivity index (χ0n) is 11.5. The van der Waals surface area contributed by atoms with Gasteiger partial charge in [0, 0.05) is 18.2 Å². The van der Waals surface area contributed by atoms with E-state index >= 15 is 0 Å². The fraction of sp³-hybridized carbons (Fsp3) is 0.0714. The average molecular weight is 342 g/mol. The monoisotopic (exact) mass is 341 g/mol. The molecule has 0 saturated heterocycles. The molecule has 2 rings (SSSR count). The molecule has 23 heavy (non-hydrogen) atoms. The van der Waals surface area contributed by atoms with Gasteiger partial charge in [0.15, 0.2) is 11.6 Å². The van der Waals surface area contributed by atoms with Gasteiger partial charge in [0.05, 0.1) is 22.6 Å². The fourth-order valence-electron chi connectivity index (χ4n) is 1.68. The van der Waals surface area contributed by atoms with Crippen molar-refractivity contribution in [2.75, 3.05) is 5.88 Å². The third-order valence-corrected chi connectivity index (χ3v) is 2.89. The number of hydrogen-bond donors (Lipinski definition) is 1. The number of nitro benzene ring substituents is 1. The number of amidine groups is 1. The molecule has 0 spiro atoms. The number of ether oxygens (including phenoxy) is 1. The molecule has 0 aliphatic rings. The van der Waals surface area contributed by atoms with Crippen LogP contribution < -0.4 is 10.5 Å². The highest BCUT2D eigenvalue weighted by atomic mass is 35.5. The van der Waals surface area contributed by atoms with Crippen LogP contribution in [-0.2, 0) is 0 Å². The summed E-state index contributed by atoms with van der Waals surface area (Å²) in [5.41, 5.74) is 5.27. The molecule has 9 heteroatoms. The highest BCUT2D eigenvalue weighted by molar-refractivity contribution is 6.28. The Kier molecular flexibility index (Phi) is 5.07. The zero-order chi connectivity index (χ0) is 17.0. The van der Waals surface area contributed by atoms with Crippen LogP contribution in [0, 0.1) is 21.7 Å². The number of aliphatic imine (C=N–C) groups is 1. The summed E-state index contributed by atoms with van der Waals surface area (Å²) in [5, 5.41) is 10.9. The summed E-state index contributed by atoms with van der Waals surface area (Å²) in [6, 6.07) is 6.26. The Hall–Kier alpha value is -2.74. The second-order valence-electron chi connectivity index (χ2n) is 4.36. The van der Waals surface area contributed by atoms with E-state index in [-0.39, 0.29) is 34.6 Å². The van der Waals surface area contributed by atoms with Gasteiger partial charge in [-0.3, -0.25) is 10.1 Å². The van der Waals surface area contributed by atoms with Crippen molar-refractivity contribution < 1.29 is 18.4 Å². The average Bonchev–Trinajstić information content (AvgIpc) is 2.49. The molecule has 0 aliphatic carbocycles. The number of alkyl halides is 1. The lowest BCUT2D eigenvalue weighted by Gasteiger charge is -2.08. The Balaban J connectivity index is 2.42. The second kappa shape index (κ2) is 7.01. The van der Waals surface area contributed by atoms with E-state index in [1.54, 1.807) is 0 Å². The Bertz CT molecular complexity index is 784. The Morgan fingerprint density at radius 1 is 1.30 bits per heavy atom. The first-order valence-corrected chi connectivity index (χ1v) is 6.74. The van der Waals surface area contributed by atoms with Crippen molar-refractivity contribution in [1.82, 2.24) is 0 Å². The van der Waals surface area contributed by atoms with Crippen LogP contribution in [0.3, 0.4) is 0 Å². The van der Waals surface area contributed by atoms with Gasteiger partial charge in [0.2, 0.25) is 0 Å². The standard InChI is InChI=1S/C14H10ClF2N3O3/c15-7-14(18)19-9-4-10(20(21)22)6-11(5-9)23-13-2-1-8(16)3-12(13)17/h1-6H,7H2,(H2,18,19). The van der Waals surface area contributed by atoms with Crippen molar-refractivity contribution in [3.05, 3.63) is 58.1 Å². The third kappa shape index (κ3) is 4.36. The minimum absolute atomic E-state index is 0.0473. The van der Waals surface area contributed by atoms with Crippen molar-refractivity contribution >= 4 is 28.8 Å². The lowest BCUT2D eigenvalue weighted by atomic mass is 10.2. The number of nitro groups is 1. The number of rotatable bonds is 5. The summed E-state index contributed by atoms with van der Waals surface area (Å²) in [6.07, 6.45) is 0. The molecule has 0 radical (unpaired) electrons. The van der Waals surface area contributed by atoms with Crippen LogP contribution in [-0.4, -0.2) is 16.6 Å². The molecule has 0 saturated carbocycles. The maximum absolute atomic E-state index is 13.6. The van der Waals surface area contributed by atoms with E-state index in [1.807, 2.05) is 0 Å². The second-order valence-corrected chi connectivity index (χ2v) is 4.62. The molecule has 2 aromatic carbocycles. The summed E-state index contributed by atoms with van der Waals surface area (Å²) in [7, 11) is 0. The van der Waals surface area contributed by atoms with E-state index in [0.717, 1.165) is 24.3 Å². The molecule has 0 unspecified atom stereocenters. The minimum atomic E-state index is -0.943. The van der Waals surface area contributed by atoms with E-state index in [4.69, 9.17) is 22.1 Å². The predicted molar refractivity (Wildman–Crippen MR) is 81.5 cm³/mol. The van der Waals surface area contributed by atoms with Gasteiger partial charge in [-0.15, -0.1) is 11.6 Å². The smallest absolute Gasteiger partial charge is 0.275 e. The maximum atomic E-state index is 13.6. The molecule has 2 N–H and O–H groups in total. The molecular weight excluding hydrogens is 332 g/mol. The fourth-order valence-corrected chi connectivity index (χ4v) is 1.74. The van der Waals surface area contributed by atoms with Gasteiger partial charge < -0.3 is 10.5 Å². The van der Waals surface area contributed by atoms with E-state index in [9.17, 15) is 18.9 Å². The quantitative estimate of drug-likeness (QED) is 0.293. The van der Waals surface area contributed by atoms with Crippen LogP contribution in [0.1, 0.15) is 0 Å². The largest absolute Gasteiger partial charge is 0.454 e. The van der Waals surface area contributed by atoms with E-state index in [0.29, 0.717) is 6.07 Å². The zero-order valence-corrected chi connectivity index (χ0v) is 12.3. The molecule has 0 fully saturated rings. The lowest BCUT2D eigenvalue weighted by molar-refractivity contribution is -0.384. The highest BCUT2D eigenvalue weighted by Gasteiger charge is 2.13. The van der Waals surface area contributed by atoms with Gasteiger partial charge in [0.25, 0.3) is 5.69 Å². The number of hydrogen-bond acceptors (Lipinski definition) is 4. The molecule has 0 heterocycles. The minimum Gasteiger partial charge on any atom is -0.454 e. The molecule has 0 aromatic heterocycles. The van der Waals surface area contributed by atoms with Gasteiger partial charge in [-0.05, 0) is 12.1 Å². The molecule has 0 amide bonds. The topological polar surface area (TPSA) is 90.8 Å². The third-order valence-electron chi connectivity index (χ3n) is 2.62. The molecule has 2 aromatic rings. The molecular formula is C14H10ClF2N3O3. The van der Waals surface area contributed by atoms with Crippen LogP contribution in [0.5, 0.6) is 11.5 Å². The predicted octanol–water partition coefficient (Wildman–Crippen LogP) is 3.89. The van der Waals surface area contributed by atoms with E-state index in [1.165, 1.54) is 6.07 Å². The highest BCUT2D eigenvalue weighted by Crippen LogP contribution is 2.32. The number of non-ortho nitro benzene ring substituents is 1. The summed E-state index contributed by atoms with van der Waals surface area (Å²) < 4.78 is 31.7. The van der Waals surface area contributed by atoms with Crippen LogP contribution in [0.25, 0.3) is 0 Å². The van der Waals surface area contributed by atoms with Crippen molar-refractivity contribution in [2.45, 2.75) is 0 Å². The normalized spacial score (nSPS) is 11.3. The SMILES string of the molecule is NC(CCl)=Nc1cc(Oc2ccc(F)cc2F)cc([N+](=O)[O-])c1. The first kappa shape index (κ1) is 16.6. The first-order valence-electron chi connectivity index (χ1n) is 6.20. The number of nitrogens with two attached hydrogens (primary N) is 1. The number of benzene rings is 2. The Morgan fingerprint density at radius 3 is 2.65 bits per heavy atom. The van der Waals surface area contributed by atoms with Crippen molar-refractivity contribution in [3.8, 4) is 11.5 Å². The molecule has 6 nitrogen and oxygen atoms in total. The van der Waals surface area contributed by atoms with Crippen molar-refractivity contribution in [2.24, 2.45) is 10.7 Å². The van der Waals surface area contributed by atoms with Crippen LogP contribution in [0.4, 0.5) is 20.2 Å². The molecule has 0 aliphatic heterocycles. The summed E-state index contributed by atoms with van der Waals surface area (Å²) in [4.78, 5) is 14.2.